The lowest BCUT2D eigenvalue weighted by Gasteiger charge is -2.11. The number of thioether (sulfide) groups is 1. The van der Waals surface area contributed by atoms with Crippen molar-refractivity contribution in [2.75, 3.05) is 17.7 Å². The average Bonchev–Trinajstić information content (AvgIpc) is 3.06. The minimum Gasteiger partial charge on any atom is -0.377 e. The van der Waals surface area contributed by atoms with Crippen molar-refractivity contribution in [3.05, 3.63) is 71.5 Å². The van der Waals surface area contributed by atoms with Gasteiger partial charge in [0.05, 0.1) is 18.9 Å². The number of rotatable bonds is 9. The highest BCUT2D eigenvalue weighted by Crippen LogP contribution is 2.20. The predicted octanol–water partition coefficient (Wildman–Crippen LogP) is 3.90. The fraction of sp³-hybridized carbons (Fsp3) is 0.286. The van der Waals surface area contributed by atoms with Gasteiger partial charge in [0, 0.05) is 17.9 Å². The molecule has 3 aromatic rings. The Morgan fingerprint density at radius 1 is 1.11 bits per heavy atom. The minimum atomic E-state index is -0.0825. The third-order valence-corrected chi connectivity index (χ3v) is 5.14. The Balaban J connectivity index is 1.61. The van der Waals surface area contributed by atoms with Crippen LogP contribution < -0.4 is 5.32 Å². The lowest BCUT2D eigenvalue weighted by Crippen LogP contribution is -2.16. The molecule has 0 fully saturated rings. The van der Waals surface area contributed by atoms with Crippen molar-refractivity contribution < 1.29 is 9.53 Å². The predicted molar refractivity (Wildman–Crippen MR) is 111 cm³/mol. The van der Waals surface area contributed by atoms with E-state index in [1.54, 1.807) is 0 Å². The number of amides is 1. The van der Waals surface area contributed by atoms with E-state index in [9.17, 15) is 4.79 Å². The number of hydrogen-bond acceptors (Lipinski definition) is 5. The van der Waals surface area contributed by atoms with E-state index in [0.717, 1.165) is 22.2 Å². The molecule has 0 bridgehead atoms. The lowest BCUT2D eigenvalue weighted by molar-refractivity contribution is -0.113. The maximum absolute atomic E-state index is 12.5. The van der Waals surface area contributed by atoms with Crippen LogP contribution in [0.3, 0.4) is 0 Å². The summed E-state index contributed by atoms with van der Waals surface area (Å²) in [5.74, 6) is 1.00. The van der Waals surface area contributed by atoms with Gasteiger partial charge in [-0.2, -0.15) is 0 Å². The summed E-state index contributed by atoms with van der Waals surface area (Å²) in [6, 6.07) is 17.8. The lowest BCUT2D eigenvalue weighted by atomic mass is 10.2. The highest BCUT2D eigenvalue weighted by Gasteiger charge is 2.13. The summed E-state index contributed by atoms with van der Waals surface area (Å²) in [4.78, 5) is 12.5. The second-order valence-electron chi connectivity index (χ2n) is 6.23. The molecule has 0 spiro atoms. The van der Waals surface area contributed by atoms with Crippen LogP contribution in [0.1, 0.15) is 23.9 Å². The van der Waals surface area contributed by atoms with E-state index in [0.29, 0.717) is 19.8 Å². The third-order valence-electron chi connectivity index (χ3n) is 4.17. The molecular formula is C21H24N4O2S. The summed E-state index contributed by atoms with van der Waals surface area (Å²) in [6.45, 7) is 5.66. The molecule has 1 amide bonds. The number of carbonyl (C=O) groups excluding carboxylic acids is 1. The molecule has 0 saturated heterocycles. The molecule has 7 heteroatoms. The summed E-state index contributed by atoms with van der Waals surface area (Å²) in [7, 11) is 0. The molecule has 2 aromatic carbocycles. The van der Waals surface area contributed by atoms with Crippen molar-refractivity contribution in [1.29, 1.82) is 0 Å². The molecule has 28 heavy (non-hydrogen) atoms. The number of nitrogens with zero attached hydrogens (tertiary/aromatic N) is 3. The van der Waals surface area contributed by atoms with Gasteiger partial charge >= 0.3 is 0 Å². The van der Waals surface area contributed by atoms with Crippen LogP contribution in [0, 0.1) is 6.92 Å². The molecule has 1 heterocycles. The highest BCUT2D eigenvalue weighted by atomic mass is 32.2. The molecule has 146 valence electrons. The fourth-order valence-electron chi connectivity index (χ4n) is 2.71. The molecule has 0 aliphatic heterocycles. The first kappa shape index (κ1) is 20.1. The number of para-hydroxylation sites is 1. The van der Waals surface area contributed by atoms with Gasteiger partial charge in [-0.25, -0.2) is 0 Å². The average molecular weight is 397 g/mol. The Morgan fingerprint density at radius 2 is 1.86 bits per heavy atom. The first-order valence-electron chi connectivity index (χ1n) is 9.19. The number of anilines is 1. The smallest absolute Gasteiger partial charge is 0.234 e. The van der Waals surface area contributed by atoms with E-state index >= 15 is 0 Å². The Hall–Kier alpha value is -2.64. The first-order chi connectivity index (χ1) is 13.7. The van der Waals surface area contributed by atoms with Crippen LogP contribution in [0.25, 0.3) is 0 Å². The molecule has 0 atom stereocenters. The zero-order valence-electron chi connectivity index (χ0n) is 16.1. The van der Waals surface area contributed by atoms with Crippen molar-refractivity contribution in [2.24, 2.45) is 0 Å². The van der Waals surface area contributed by atoms with E-state index in [1.165, 1.54) is 17.3 Å². The second-order valence-corrected chi connectivity index (χ2v) is 7.18. The molecule has 0 radical (unpaired) electrons. The monoisotopic (exact) mass is 396 g/mol. The summed E-state index contributed by atoms with van der Waals surface area (Å²) in [5, 5.41) is 12.1. The Morgan fingerprint density at radius 3 is 2.64 bits per heavy atom. The Kier molecular flexibility index (Phi) is 7.22. The number of carbonyl (C=O) groups is 1. The number of aryl methyl sites for hydroxylation is 1. The molecule has 1 aromatic heterocycles. The van der Waals surface area contributed by atoms with Crippen LogP contribution in [-0.4, -0.2) is 33.0 Å². The molecule has 3 rings (SSSR count). The maximum atomic E-state index is 12.5. The topological polar surface area (TPSA) is 69.0 Å². The SMILES string of the molecule is CCOCc1ccccc1NC(=O)CSc1nnc(C)n1Cc1ccccc1. The number of benzene rings is 2. The van der Waals surface area contributed by atoms with E-state index in [-0.39, 0.29) is 11.7 Å². The summed E-state index contributed by atoms with van der Waals surface area (Å²) < 4.78 is 7.49. The Labute approximate surface area is 169 Å². The number of ether oxygens (including phenoxy) is 1. The molecule has 1 N–H and O–H groups in total. The van der Waals surface area contributed by atoms with Crippen molar-refractivity contribution in [3.63, 3.8) is 0 Å². The Bertz CT molecular complexity index is 912. The van der Waals surface area contributed by atoms with Gasteiger partial charge in [-0.05, 0) is 25.5 Å². The number of nitrogens with one attached hydrogen (secondary N) is 1. The van der Waals surface area contributed by atoms with Crippen LogP contribution in [0.5, 0.6) is 0 Å². The van der Waals surface area contributed by atoms with Crippen molar-refractivity contribution in [1.82, 2.24) is 14.8 Å². The van der Waals surface area contributed by atoms with Crippen LogP contribution >= 0.6 is 11.8 Å². The standard InChI is InChI=1S/C21H24N4O2S/c1-3-27-14-18-11-7-8-12-19(18)22-20(26)15-28-21-24-23-16(2)25(21)13-17-9-5-4-6-10-17/h4-12H,3,13-15H2,1-2H3,(H,22,26). The molecule has 0 unspecified atom stereocenters. The van der Waals surface area contributed by atoms with Gasteiger partial charge < -0.3 is 14.6 Å². The van der Waals surface area contributed by atoms with Crippen molar-refractivity contribution in [3.8, 4) is 0 Å². The van der Waals surface area contributed by atoms with Gasteiger partial charge in [0.2, 0.25) is 5.91 Å². The van der Waals surface area contributed by atoms with Gasteiger partial charge in [0.15, 0.2) is 5.16 Å². The number of hydrogen-bond donors (Lipinski definition) is 1. The number of aromatic nitrogens is 3. The second kappa shape index (κ2) is 10.1. The van der Waals surface area contributed by atoms with Gasteiger partial charge in [-0.15, -0.1) is 10.2 Å². The van der Waals surface area contributed by atoms with Crippen LogP contribution in [0.4, 0.5) is 5.69 Å². The summed E-state index contributed by atoms with van der Waals surface area (Å²) >= 11 is 1.38. The minimum absolute atomic E-state index is 0.0825. The highest BCUT2D eigenvalue weighted by molar-refractivity contribution is 7.99. The van der Waals surface area contributed by atoms with Crippen molar-refractivity contribution >= 4 is 23.4 Å². The quantitative estimate of drug-likeness (QED) is 0.556. The van der Waals surface area contributed by atoms with E-state index in [4.69, 9.17) is 4.74 Å². The largest absolute Gasteiger partial charge is 0.377 e. The summed E-state index contributed by atoms with van der Waals surface area (Å²) in [6.07, 6.45) is 0. The zero-order chi connectivity index (χ0) is 19.8. The normalized spacial score (nSPS) is 10.8. The van der Waals surface area contributed by atoms with Crippen LogP contribution in [0.2, 0.25) is 0 Å². The maximum Gasteiger partial charge on any atom is 0.234 e. The fourth-order valence-corrected chi connectivity index (χ4v) is 3.50. The molecule has 0 aliphatic rings. The molecule has 0 aliphatic carbocycles. The van der Waals surface area contributed by atoms with Crippen molar-refractivity contribution in [2.45, 2.75) is 32.2 Å². The molecule has 0 saturated carbocycles. The van der Waals surface area contributed by atoms with Crippen LogP contribution in [0.15, 0.2) is 59.8 Å². The van der Waals surface area contributed by atoms with Gasteiger partial charge in [0.1, 0.15) is 5.82 Å². The molecular weight excluding hydrogens is 372 g/mol. The summed E-state index contributed by atoms with van der Waals surface area (Å²) in [5.41, 5.74) is 2.91. The third kappa shape index (κ3) is 5.43. The zero-order valence-corrected chi connectivity index (χ0v) is 16.9. The van der Waals surface area contributed by atoms with E-state index < -0.39 is 0 Å². The van der Waals surface area contributed by atoms with E-state index in [1.807, 2.05) is 60.9 Å². The van der Waals surface area contributed by atoms with Crippen LogP contribution in [-0.2, 0) is 22.7 Å². The first-order valence-corrected chi connectivity index (χ1v) is 10.2. The molecule has 6 nitrogen and oxygen atoms in total. The van der Waals surface area contributed by atoms with Gasteiger partial charge in [-0.1, -0.05) is 60.3 Å². The van der Waals surface area contributed by atoms with Gasteiger partial charge in [0.25, 0.3) is 0 Å². The van der Waals surface area contributed by atoms with E-state index in [2.05, 4.69) is 27.6 Å². The van der Waals surface area contributed by atoms with Gasteiger partial charge in [-0.3, -0.25) is 4.79 Å².